The number of benzene rings is 1. The molecular formula is C25H40N4O2. The van der Waals surface area contributed by atoms with Gasteiger partial charge in [0.25, 0.3) is 0 Å². The number of aliphatic imine (C=N–C) groups is 1. The molecule has 2 rings (SSSR count). The van der Waals surface area contributed by atoms with Crippen LogP contribution in [0.4, 0.5) is 0 Å². The van der Waals surface area contributed by atoms with Crippen molar-refractivity contribution in [3.05, 3.63) is 54.1 Å². The highest BCUT2D eigenvalue weighted by Gasteiger charge is 2.27. The van der Waals surface area contributed by atoms with Crippen LogP contribution in [0.1, 0.15) is 44.7 Å². The van der Waals surface area contributed by atoms with Crippen molar-refractivity contribution in [2.24, 2.45) is 10.7 Å². The third-order valence-corrected chi connectivity index (χ3v) is 5.28. The maximum atomic E-state index is 11.7. The Morgan fingerprint density at radius 3 is 2.77 bits per heavy atom. The molecule has 1 unspecified atom stereocenters. The molecule has 0 spiro atoms. The highest BCUT2D eigenvalue weighted by Crippen LogP contribution is 2.22. The van der Waals surface area contributed by atoms with Gasteiger partial charge >= 0.3 is 0 Å². The van der Waals surface area contributed by atoms with E-state index in [2.05, 4.69) is 36.6 Å². The van der Waals surface area contributed by atoms with Gasteiger partial charge < -0.3 is 15.4 Å². The first-order valence-corrected chi connectivity index (χ1v) is 11.0. The monoisotopic (exact) mass is 428 g/mol. The molecule has 6 nitrogen and oxygen atoms in total. The van der Waals surface area contributed by atoms with Crippen LogP contribution in [-0.2, 0) is 16.1 Å². The molecule has 1 amide bonds. The average molecular weight is 429 g/mol. The van der Waals surface area contributed by atoms with Crippen molar-refractivity contribution in [3.8, 4) is 0 Å². The first kappa shape index (κ1) is 26.8. The van der Waals surface area contributed by atoms with Crippen molar-refractivity contribution >= 4 is 17.7 Å². The van der Waals surface area contributed by atoms with Crippen molar-refractivity contribution < 1.29 is 9.53 Å². The Morgan fingerprint density at radius 1 is 1.45 bits per heavy atom. The highest BCUT2D eigenvalue weighted by atomic mass is 16.5. The van der Waals surface area contributed by atoms with Crippen molar-refractivity contribution in [1.29, 1.82) is 0 Å². The van der Waals surface area contributed by atoms with Gasteiger partial charge in [-0.05, 0) is 56.4 Å². The molecule has 2 atom stereocenters. The number of allylic oxidation sites excluding steroid dienone is 3. The number of likely N-dealkylation sites (tertiary alicyclic amines) is 1. The Labute approximate surface area is 188 Å². The van der Waals surface area contributed by atoms with E-state index in [0.717, 1.165) is 29.9 Å². The van der Waals surface area contributed by atoms with E-state index in [-0.39, 0.29) is 18.6 Å². The molecule has 1 heterocycles. The Balaban J connectivity index is 0.00000151. The molecule has 0 bridgehead atoms. The lowest BCUT2D eigenvalue weighted by Crippen LogP contribution is -2.38. The van der Waals surface area contributed by atoms with Gasteiger partial charge in [0.1, 0.15) is 0 Å². The summed E-state index contributed by atoms with van der Waals surface area (Å²) in [6.07, 6.45) is 8.26. The number of hydrogen-bond donors (Lipinski definition) is 1. The third-order valence-electron chi connectivity index (χ3n) is 5.28. The van der Waals surface area contributed by atoms with Gasteiger partial charge in [0.05, 0.1) is 19.3 Å². The standard InChI is InChI=1S/C22H34N4O2.C3H6/c1-5-19(14-24-17(2)26-11-7-10-21(26)16-28-4)20-9-6-8-18(12-20)15-25(3)22(27)13-23;1-3-2/h5-6,8-9,12,14,17,21H,7,10-11,13,15-16,23H2,1-4H3;3H,1H2,2H3/b19-5+,24-14-;/t17?,21-;/m0./s1. The molecule has 0 saturated carbocycles. The van der Waals surface area contributed by atoms with Gasteiger partial charge in [-0.15, -0.1) is 6.58 Å². The summed E-state index contributed by atoms with van der Waals surface area (Å²) >= 11 is 0. The molecule has 1 fully saturated rings. The second-order valence-corrected chi connectivity index (χ2v) is 7.71. The van der Waals surface area contributed by atoms with Crippen molar-refractivity contribution in [2.75, 3.05) is 33.9 Å². The molecule has 1 aliphatic rings. The van der Waals surface area contributed by atoms with E-state index >= 15 is 0 Å². The maximum absolute atomic E-state index is 11.7. The normalized spacial score (nSPS) is 17.9. The summed E-state index contributed by atoms with van der Waals surface area (Å²) < 4.78 is 5.35. The molecule has 6 heteroatoms. The summed E-state index contributed by atoms with van der Waals surface area (Å²) in [6, 6.07) is 8.67. The molecule has 1 aliphatic heterocycles. The fraction of sp³-hybridized carbons (Fsp3) is 0.520. The number of ether oxygens (including phenoxy) is 1. The quantitative estimate of drug-likeness (QED) is 0.481. The fourth-order valence-electron chi connectivity index (χ4n) is 3.68. The van der Waals surface area contributed by atoms with Crippen LogP contribution in [0.3, 0.4) is 0 Å². The van der Waals surface area contributed by atoms with E-state index in [1.165, 1.54) is 12.8 Å². The van der Waals surface area contributed by atoms with Crippen LogP contribution in [0, 0.1) is 0 Å². The zero-order chi connectivity index (χ0) is 23.2. The number of methoxy groups -OCH3 is 1. The highest BCUT2D eigenvalue weighted by molar-refractivity contribution is 6.09. The second-order valence-electron chi connectivity index (χ2n) is 7.71. The minimum absolute atomic E-state index is 0.0292. The van der Waals surface area contributed by atoms with Crippen molar-refractivity contribution in [3.63, 3.8) is 0 Å². The van der Waals surface area contributed by atoms with Crippen LogP contribution >= 0.6 is 0 Å². The fourth-order valence-corrected chi connectivity index (χ4v) is 3.68. The zero-order valence-electron chi connectivity index (χ0n) is 19.9. The first-order chi connectivity index (χ1) is 14.9. The first-order valence-electron chi connectivity index (χ1n) is 11.0. The molecule has 1 aromatic carbocycles. The van der Waals surface area contributed by atoms with Gasteiger partial charge in [-0.25, -0.2) is 0 Å². The van der Waals surface area contributed by atoms with Crippen LogP contribution in [-0.4, -0.2) is 68.0 Å². The lowest BCUT2D eigenvalue weighted by atomic mass is 10.0. The van der Waals surface area contributed by atoms with E-state index < -0.39 is 0 Å². The van der Waals surface area contributed by atoms with Crippen LogP contribution in [0.25, 0.3) is 5.57 Å². The van der Waals surface area contributed by atoms with E-state index in [0.29, 0.717) is 12.6 Å². The predicted octanol–water partition coefficient (Wildman–Crippen LogP) is 3.73. The number of nitrogens with zero attached hydrogens (tertiary/aromatic N) is 3. The van der Waals surface area contributed by atoms with Crippen molar-refractivity contribution in [1.82, 2.24) is 9.80 Å². The van der Waals surface area contributed by atoms with Crippen LogP contribution in [0.2, 0.25) is 0 Å². The summed E-state index contributed by atoms with van der Waals surface area (Å²) in [6.45, 7) is 11.8. The summed E-state index contributed by atoms with van der Waals surface area (Å²) in [5.74, 6) is -0.0664. The van der Waals surface area contributed by atoms with Gasteiger partial charge in [0.2, 0.25) is 5.91 Å². The van der Waals surface area contributed by atoms with Crippen LogP contribution in [0.15, 0.2) is 48.0 Å². The molecule has 31 heavy (non-hydrogen) atoms. The molecule has 1 aromatic rings. The largest absolute Gasteiger partial charge is 0.383 e. The SMILES string of the molecule is C/C=C(\C=N/C(C)N1CCC[C@H]1COC)c1cccc(CN(C)C(=O)CN)c1.C=CC. The number of carbonyl (C=O) groups is 1. The van der Waals surface area contributed by atoms with E-state index in [4.69, 9.17) is 15.5 Å². The Hall–Kier alpha value is -2.28. The van der Waals surface area contributed by atoms with Gasteiger partial charge in [-0.3, -0.25) is 14.7 Å². The smallest absolute Gasteiger partial charge is 0.236 e. The summed E-state index contributed by atoms with van der Waals surface area (Å²) in [5.41, 5.74) is 8.69. The Morgan fingerprint density at radius 2 is 2.16 bits per heavy atom. The molecule has 2 N–H and O–H groups in total. The molecule has 0 aromatic heterocycles. The van der Waals surface area contributed by atoms with E-state index in [9.17, 15) is 4.79 Å². The average Bonchev–Trinajstić information content (AvgIpc) is 3.23. The van der Waals surface area contributed by atoms with Gasteiger partial charge in [-0.1, -0.05) is 30.4 Å². The van der Waals surface area contributed by atoms with Gasteiger partial charge in [0.15, 0.2) is 0 Å². The van der Waals surface area contributed by atoms with E-state index in [1.54, 1.807) is 25.1 Å². The Bertz CT molecular complexity index is 745. The number of carbonyl (C=O) groups excluding carboxylic acids is 1. The molecule has 0 aliphatic carbocycles. The lowest BCUT2D eigenvalue weighted by Gasteiger charge is -2.27. The number of amides is 1. The zero-order valence-corrected chi connectivity index (χ0v) is 19.9. The number of nitrogens with two attached hydrogens (primary N) is 1. The minimum atomic E-state index is -0.0664. The summed E-state index contributed by atoms with van der Waals surface area (Å²) in [4.78, 5) is 20.6. The lowest BCUT2D eigenvalue weighted by molar-refractivity contribution is -0.128. The summed E-state index contributed by atoms with van der Waals surface area (Å²) in [5, 5.41) is 0. The van der Waals surface area contributed by atoms with Gasteiger partial charge in [-0.2, -0.15) is 0 Å². The van der Waals surface area contributed by atoms with Crippen LogP contribution < -0.4 is 5.73 Å². The molecular weight excluding hydrogens is 388 g/mol. The van der Waals surface area contributed by atoms with Crippen molar-refractivity contribution in [2.45, 2.75) is 52.4 Å². The molecule has 0 radical (unpaired) electrons. The minimum Gasteiger partial charge on any atom is -0.383 e. The van der Waals surface area contributed by atoms with Gasteiger partial charge in [0, 0.05) is 39.5 Å². The number of hydrogen-bond acceptors (Lipinski definition) is 5. The number of likely N-dealkylation sites (N-methyl/N-ethyl adjacent to an activating group) is 1. The molecule has 1 saturated heterocycles. The molecule has 172 valence electrons. The predicted molar refractivity (Wildman–Crippen MR) is 131 cm³/mol. The summed E-state index contributed by atoms with van der Waals surface area (Å²) in [7, 11) is 3.53. The second kappa shape index (κ2) is 14.7. The Kier molecular flexibility index (Phi) is 12.7. The third kappa shape index (κ3) is 8.77. The van der Waals surface area contributed by atoms with E-state index in [1.807, 2.05) is 32.2 Å². The topological polar surface area (TPSA) is 71.2 Å². The maximum Gasteiger partial charge on any atom is 0.236 e. The number of rotatable bonds is 9. The van der Waals surface area contributed by atoms with Crippen LogP contribution in [0.5, 0.6) is 0 Å².